The minimum atomic E-state index is -0.463. The topological polar surface area (TPSA) is 26.3 Å². The van der Waals surface area contributed by atoms with Gasteiger partial charge in [-0.3, -0.25) is 4.79 Å². The van der Waals surface area contributed by atoms with Gasteiger partial charge in [-0.05, 0) is 30.0 Å². The van der Waals surface area contributed by atoms with E-state index in [2.05, 4.69) is 0 Å². The molecule has 0 bridgehead atoms. The Morgan fingerprint density at radius 1 is 1.47 bits per heavy atom. The number of hydrogen-bond acceptors (Lipinski definition) is 2. The van der Waals surface area contributed by atoms with E-state index in [-0.39, 0.29) is 16.9 Å². The smallest absolute Gasteiger partial charge is 0.313 e. The molecule has 1 unspecified atom stereocenters. The number of carbonyl (C=O) groups is 1. The van der Waals surface area contributed by atoms with E-state index >= 15 is 0 Å². The molecule has 2 rings (SSSR count). The molecular weight excluding hydrogens is 267 g/mol. The van der Waals surface area contributed by atoms with E-state index in [0.717, 1.165) is 24.8 Å². The van der Waals surface area contributed by atoms with Gasteiger partial charge >= 0.3 is 5.97 Å². The van der Waals surface area contributed by atoms with Gasteiger partial charge in [0.2, 0.25) is 0 Å². The molecule has 4 heteroatoms. The van der Waals surface area contributed by atoms with E-state index in [4.69, 9.17) is 16.3 Å². The van der Waals surface area contributed by atoms with Crippen LogP contribution in [0.15, 0.2) is 18.2 Å². The van der Waals surface area contributed by atoms with Crippen LogP contribution >= 0.6 is 11.6 Å². The molecule has 0 radical (unpaired) electrons. The molecule has 0 aromatic heterocycles. The van der Waals surface area contributed by atoms with Gasteiger partial charge in [0.1, 0.15) is 5.82 Å². The lowest BCUT2D eigenvalue weighted by molar-refractivity contribution is -0.142. The van der Waals surface area contributed by atoms with Crippen molar-refractivity contribution < 1.29 is 13.9 Å². The van der Waals surface area contributed by atoms with Crippen molar-refractivity contribution in [3.63, 3.8) is 0 Å². The van der Waals surface area contributed by atoms with Gasteiger partial charge in [-0.15, -0.1) is 0 Å². The third kappa shape index (κ3) is 3.47. The van der Waals surface area contributed by atoms with Crippen LogP contribution in [0.2, 0.25) is 5.02 Å². The zero-order chi connectivity index (χ0) is 13.8. The highest BCUT2D eigenvalue weighted by Gasteiger charge is 2.27. The Morgan fingerprint density at radius 2 is 2.16 bits per heavy atom. The van der Waals surface area contributed by atoms with E-state index < -0.39 is 5.82 Å². The summed E-state index contributed by atoms with van der Waals surface area (Å²) in [6.07, 6.45) is 5.52. The molecule has 0 aliphatic heterocycles. The maximum atomic E-state index is 13.2. The van der Waals surface area contributed by atoms with Crippen LogP contribution < -0.4 is 0 Å². The molecule has 1 aliphatic rings. The average Bonchev–Trinajstić information content (AvgIpc) is 2.91. The fourth-order valence-corrected chi connectivity index (χ4v) is 3.01. The van der Waals surface area contributed by atoms with Crippen molar-refractivity contribution in [2.45, 2.75) is 38.0 Å². The standard InChI is InChI=1S/C15H18ClFO2/c1-19-15(18)12(8-10-4-2-3-5-10)11-6-7-14(17)13(16)9-11/h6-7,9-10,12H,2-5,8H2,1H3. The van der Waals surface area contributed by atoms with Crippen LogP contribution in [0.3, 0.4) is 0 Å². The Labute approximate surface area is 117 Å². The highest BCUT2D eigenvalue weighted by atomic mass is 35.5. The summed E-state index contributed by atoms with van der Waals surface area (Å²) < 4.78 is 18.1. The van der Waals surface area contributed by atoms with E-state index in [1.807, 2.05) is 0 Å². The SMILES string of the molecule is COC(=O)C(CC1CCCC1)c1ccc(F)c(Cl)c1. The fraction of sp³-hybridized carbons (Fsp3) is 0.533. The van der Waals surface area contributed by atoms with Crippen LogP contribution in [0, 0.1) is 11.7 Å². The zero-order valence-corrected chi connectivity index (χ0v) is 11.8. The summed E-state index contributed by atoms with van der Waals surface area (Å²) in [6, 6.07) is 4.47. The quantitative estimate of drug-likeness (QED) is 0.770. The predicted molar refractivity (Wildman–Crippen MR) is 72.7 cm³/mol. The van der Waals surface area contributed by atoms with Crippen molar-refractivity contribution in [1.82, 2.24) is 0 Å². The first-order valence-electron chi connectivity index (χ1n) is 6.64. The van der Waals surface area contributed by atoms with Gasteiger partial charge in [-0.1, -0.05) is 43.4 Å². The highest BCUT2D eigenvalue weighted by Crippen LogP contribution is 2.35. The molecule has 1 atom stereocenters. The van der Waals surface area contributed by atoms with Gasteiger partial charge in [0.05, 0.1) is 18.1 Å². The lowest BCUT2D eigenvalue weighted by Gasteiger charge is -2.19. The molecule has 104 valence electrons. The van der Waals surface area contributed by atoms with Gasteiger partial charge in [0, 0.05) is 0 Å². The van der Waals surface area contributed by atoms with Crippen molar-refractivity contribution >= 4 is 17.6 Å². The second-order valence-electron chi connectivity index (χ2n) is 5.14. The summed E-state index contributed by atoms with van der Waals surface area (Å²) >= 11 is 5.80. The molecule has 0 N–H and O–H groups in total. The summed E-state index contributed by atoms with van der Waals surface area (Å²) in [5.41, 5.74) is 0.741. The van der Waals surface area contributed by atoms with Crippen LogP contribution in [-0.4, -0.2) is 13.1 Å². The zero-order valence-electron chi connectivity index (χ0n) is 11.0. The first-order chi connectivity index (χ1) is 9.11. The number of carbonyl (C=O) groups excluding carboxylic acids is 1. The van der Waals surface area contributed by atoms with E-state index in [0.29, 0.717) is 5.92 Å². The predicted octanol–water partition coefficient (Wildman–Crippen LogP) is 4.32. The Bertz CT molecular complexity index is 455. The molecule has 0 spiro atoms. The Balaban J connectivity index is 2.20. The Kier molecular flexibility index (Phi) is 4.81. The van der Waals surface area contributed by atoms with Gasteiger partial charge in [-0.2, -0.15) is 0 Å². The number of ether oxygens (including phenoxy) is 1. The third-order valence-electron chi connectivity index (χ3n) is 3.88. The maximum Gasteiger partial charge on any atom is 0.313 e. The molecule has 0 heterocycles. The second-order valence-corrected chi connectivity index (χ2v) is 5.54. The molecule has 0 amide bonds. The molecule has 0 saturated heterocycles. The van der Waals surface area contributed by atoms with Gasteiger partial charge in [0.25, 0.3) is 0 Å². The highest BCUT2D eigenvalue weighted by molar-refractivity contribution is 6.30. The van der Waals surface area contributed by atoms with Crippen LogP contribution in [0.5, 0.6) is 0 Å². The molecule has 2 nitrogen and oxygen atoms in total. The van der Waals surface area contributed by atoms with Crippen LogP contribution in [0.1, 0.15) is 43.6 Å². The van der Waals surface area contributed by atoms with E-state index in [9.17, 15) is 9.18 Å². The number of rotatable bonds is 4. The third-order valence-corrected chi connectivity index (χ3v) is 4.17. The van der Waals surface area contributed by atoms with Crippen LogP contribution in [0.25, 0.3) is 0 Å². The second kappa shape index (κ2) is 6.38. The summed E-state index contributed by atoms with van der Waals surface area (Å²) in [5.74, 6) is -0.524. The van der Waals surface area contributed by atoms with E-state index in [1.54, 1.807) is 6.07 Å². The van der Waals surface area contributed by atoms with Crippen molar-refractivity contribution in [2.75, 3.05) is 7.11 Å². The lowest BCUT2D eigenvalue weighted by Crippen LogP contribution is -2.17. The average molecular weight is 285 g/mol. The van der Waals surface area contributed by atoms with Gasteiger partial charge < -0.3 is 4.74 Å². The minimum absolute atomic E-state index is 0.0535. The van der Waals surface area contributed by atoms with Crippen LogP contribution in [0.4, 0.5) is 4.39 Å². The van der Waals surface area contributed by atoms with Gasteiger partial charge in [-0.25, -0.2) is 4.39 Å². The molecule has 19 heavy (non-hydrogen) atoms. The largest absolute Gasteiger partial charge is 0.469 e. The van der Waals surface area contributed by atoms with Gasteiger partial charge in [0.15, 0.2) is 0 Å². The maximum absolute atomic E-state index is 13.2. The van der Waals surface area contributed by atoms with Crippen molar-refractivity contribution in [3.8, 4) is 0 Å². The number of methoxy groups -OCH3 is 1. The minimum Gasteiger partial charge on any atom is -0.469 e. The Morgan fingerprint density at radius 3 is 2.74 bits per heavy atom. The Hall–Kier alpha value is -1.09. The summed E-state index contributed by atoms with van der Waals surface area (Å²) in [7, 11) is 1.38. The normalized spacial score (nSPS) is 17.4. The lowest BCUT2D eigenvalue weighted by atomic mass is 9.88. The molecular formula is C15H18ClFO2. The summed E-state index contributed by atoms with van der Waals surface area (Å²) in [5, 5.41) is 0.0535. The van der Waals surface area contributed by atoms with Crippen molar-refractivity contribution in [1.29, 1.82) is 0 Å². The van der Waals surface area contributed by atoms with E-state index in [1.165, 1.54) is 32.1 Å². The number of halogens is 2. The first kappa shape index (κ1) is 14.3. The molecule has 1 saturated carbocycles. The molecule has 1 aliphatic carbocycles. The molecule has 1 aromatic carbocycles. The number of benzene rings is 1. The van der Waals surface area contributed by atoms with Crippen molar-refractivity contribution in [3.05, 3.63) is 34.6 Å². The first-order valence-corrected chi connectivity index (χ1v) is 7.02. The van der Waals surface area contributed by atoms with Crippen molar-refractivity contribution in [2.24, 2.45) is 5.92 Å². The molecule has 1 fully saturated rings. The number of hydrogen-bond donors (Lipinski definition) is 0. The number of esters is 1. The summed E-state index contributed by atoms with van der Waals surface area (Å²) in [6.45, 7) is 0. The fourth-order valence-electron chi connectivity index (χ4n) is 2.82. The molecule has 1 aromatic rings. The van der Waals surface area contributed by atoms with Crippen LogP contribution in [-0.2, 0) is 9.53 Å². The monoisotopic (exact) mass is 284 g/mol. The summed E-state index contributed by atoms with van der Waals surface area (Å²) in [4.78, 5) is 11.9.